The van der Waals surface area contributed by atoms with E-state index in [1.54, 1.807) is 16.8 Å². The predicted octanol–water partition coefficient (Wildman–Crippen LogP) is 3.11. The van der Waals surface area contributed by atoms with E-state index >= 15 is 0 Å². The summed E-state index contributed by atoms with van der Waals surface area (Å²) in [6.45, 7) is 4.79. The second kappa shape index (κ2) is 5.45. The Labute approximate surface area is 107 Å². The molecule has 0 bridgehead atoms. The van der Waals surface area contributed by atoms with Crippen LogP contribution in [0.3, 0.4) is 0 Å². The first-order valence-corrected chi connectivity index (χ1v) is 6.02. The van der Waals surface area contributed by atoms with E-state index in [9.17, 15) is 4.79 Å². The number of benzene rings is 1. The third kappa shape index (κ3) is 2.74. The van der Waals surface area contributed by atoms with Crippen molar-refractivity contribution >= 4 is 11.9 Å². The highest BCUT2D eigenvalue weighted by molar-refractivity contribution is 6.05. The number of aryl methyl sites for hydroxylation is 2. The zero-order chi connectivity index (χ0) is 13.0. The van der Waals surface area contributed by atoms with Crippen LogP contribution < -0.4 is 0 Å². The minimum atomic E-state index is -0.0644. The molecule has 0 unspecified atom stereocenters. The van der Waals surface area contributed by atoms with Gasteiger partial charge in [0.05, 0.1) is 0 Å². The van der Waals surface area contributed by atoms with E-state index in [4.69, 9.17) is 0 Å². The first kappa shape index (κ1) is 12.3. The van der Waals surface area contributed by atoms with Crippen LogP contribution in [0.2, 0.25) is 0 Å². The van der Waals surface area contributed by atoms with Gasteiger partial charge in [-0.25, -0.2) is 0 Å². The van der Waals surface area contributed by atoms with Crippen molar-refractivity contribution in [1.29, 1.82) is 0 Å². The summed E-state index contributed by atoms with van der Waals surface area (Å²) in [5, 5.41) is 4.18. The average Bonchev–Trinajstić information content (AvgIpc) is 2.86. The molecule has 0 aliphatic heterocycles. The monoisotopic (exact) mass is 240 g/mol. The Kier molecular flexibility index (Phi) is 3.72. The van der Waals surface area contributed by atoms with E-state index in [0.29, 0.717) is 5.69 Å². The zero-order valence-electron chi connectivity index (χ0n) is 10.6. The molecule has 0 aliphatic carbocycles. The molecule has 2 rings (SSSR count). The highest BCUT2D eigenvalue weighted by atomic mass is 16.1. The van der Waals surface area contributed by atoms with Crippen LogP contribution in [0, 0.1) is 6.92 Å². The SMILES string of the molecule is CCn1ccc(C(=O)/C=C/c2ccccc2C)n1. The molecule has 0 saturated heterocycles. The number of rotatable bonds is 4. The van der Waals surface area contributed by atoms with Crippen LogP contribution in [0.25, 0.3) is 6.08 Å². The van der Waals surface area contributed by atoms with Crippen LogP contribution in [0.1, 0.15) is 28.5 Å². The van der Waals surface area contributed by atoms with Gasteiger partial charge < -0.3 is 0 Å². The van der Waals surface area contributed by atoms with Gasteiger partial charge in [-0.1, -0.05) is 30.3 Å². The number of nitrogens with zero attached hydrogens (tertiary/aromatic N) is 2. The van der Waals surface area contributed by atoms with Crippen LogP contribution >= 0.6 is 0 Å². The van der Waals surface area contributed by atoms with Gasteiger partial charge >= 0.3 is 0 Å². The molecule has 0 fully saturated rings. The summed E-state index contributed by atoms with van der Waals surface area (Å²) < 4.78 is 1.74. The van der Waals surface area contributed by atoms with E-state index in [-0.39, 0.29) is 5.78 Å². The lowest BCUT2D eigenvalue weighted by atomic mass is 10.1. The summed E-state index contributed by atoms with van der Waals surface area (Å²) in [4.78, 5) is 11.9. The average molecular weight is 240 g/mol. The molecule has 0 radical (unpaired) electrons. The van der Waals surface area contributed by atoms with Gasteiger partial charge in [-0.05, 0) is 37.1 Å². The van der Waals surface area contributed by atoms with Crippen LogP contribution in [-0.2, 0) is 6.54 Å². The highest BCUT2D eigenvalue weighted by Gasteiger charge is 2.05. The summed E-state index contributed by atoms with van der Waals surface area (Å²) in [6.07, 6.45) is 5.22. The lowest BCUT2D eigenvalue weighted by Crippen LogP contribution is -1.99. The summed E-state index contributed by atoms with van der Waals surface area (Å²) in [5.41, 5.74) is 2.70. The number of allylic oxidation sites excluding steroid dienone is 1. The maximum atomic E-state index is 11.9. The summed E-state index contributed by atoms with van der Waals surface area (Å²) in [7, 11) is 0. The van der Waals surface area contributed by atoms with Crippen molar-refractivity contribution in [2.45, 2.75) is 20.4 Å². The molecule has 1 aromatic carbocycles. The van der Waals surface area contributed by atoms with E-state index < -0.39 is 0 Å². The molecule has 0 amide bonds. The van der Waals surface area contributed by atoms with Gasteiger partial charge in [0, 0.05) is 12.7 Å². The van der Waals surface area contributed by atoms with Crippen LogP contribution in [0.4, 0.5) is 0 Å². The summed E-state index contributed by atoms with van der Waals surface area (Å²) in [5.74, 6) is -0.0644. The van der Waals surface area contributed by atoms with E-state index in [1.165, 1.54) is 0 Å². The second-order valence-electron chi connectivity index (χ2n) is 4.11. The topological polar surface area (TPSA) is 34.9 Å². The smallest absolute Gasteiger partial charge is 0.206 e. The van der Waals surface area contributed by atoms with Crippen molar-refractivity contribution in [3.63, 3.8) is 0 Å². The molecule has 0 atom stereocenters. The number of hydrogen-bond donors (Lipinski definition) is 0. The van der Waals surface area contributed by atoms with Crippen LogP contribution in [-0.4, -0.2) is 15.6 Å². The molecule has 18 heavy (non-hydrogen) atoms. The van der Waals surface area contributed by atoms with Crippen LogP contribution in [0.15, 0.2) is 42.6 Å². The fourth-order valence-corrected chi connectivity index (χ4v) is 1.69. The molecule has 0 N–H and O–H groups in total. The largest absolute Gasteiger partial charge is 0.287 e. The Hall–Kier alpha value is -2.16. The standard InChI is InChI=1S/C15H16N2O/c1-3-17-11-10-14(16-17)15(18)9-8-13-7-5-4-6-12(13)2/h4-11H,3H2,1-2H3/b9-8+. The molecule has 3 nitrogen and oxygen atoms in total. The van der Waals surface area contributed by atoms with Gasteiger partial charge in [0.15, 0.2) is 0 Å². The van der Waals surface area contributed by atoms with Gasteiger partial charge in [0.1, 0.15) is 5.69 Å². The minimum absolute atomic E-state index is 0.0644. The van der Waals surface area contributed by atoms with E-state index in [0.717, 1.165) is 17.7 Å². The third-order valence-corrected chi connectivity index (χ3v) is 2.82. The summed E-state index contributed by atoms with van der Waals surface area (Å²) >= 11 is 0. The summed E-state index contributed by atoms with van der Waals surface area (Å²) in [6, 6.07) is 9.70. The van der Waals surface area contributed by atoms with Gasteiger partial charge in [0.2, 0.25) is 5.78 Å². The molecule has 2 aromatic rings. The lowest BCUT2D eigenvalue weighted by Gasteiger charge is -1.97. The Morgan fingerprint density at radius 1 is 1.33 bits per heavy atom. The van der Waals surface area contributed by atoms with Gasteiger partial charge in [-0.2, -0.15) is 5.10 Å². The predicted molar refractivity (Wildman–Crippen MR) is 72.4 cm³/mol. The van der Waals surface area contributed by atoms with Crippen molar-refractivity contribution < 1.29 is 4.79 Å². The molecule has 0 aliphatic rings. The number of aromatic nitrogens is 2. The molecule has 3 heteroatoms. The molecule has 1 aromatic heterocycles. The first-order chi connectivity index (χ1) is 8.70. The van der Waals surface area contributed by atoms with E-state index in [2.05, 4.69) is 5.10 Å². The number of hydrogen-bond acceptors (Lipinski definition) is 2. The van der Waals surface area contributed by atoms with Crippen molar-refractivity contribution in [3.05, 3.63) is 59.4 Å². The molecular weight excluding hydrogens is 224 g/mol. The number of carbonyl (C=O) groups is 1. The molecule has 0 saturated carbocycles. The third-order valence-electron chi connectivity index (χ3n) is 2.82. The number of ketones is 1. The fourth-order valence-electron chi connectivity index (χ4n) is 1.69. The highest BCUT2D eigenvalue weighted by Crippen LogP contribution is 2.09. The fraction of sp³-hybridized carbons (Fsp3) is 0.200. The quantitative estimate of drug-likeness (QED) is 0.608. The van der Waals surface area contributed by atoms with Crippen molar-refractivity contribution in [1.82, 2.24) is 9.78 Å². The molecule has 1 heterocycles. The van der Waals surface area contributed by atoms with E-state index in [1.807, 2.05) is 50.4 Å². The van der Waals surface area contributed by atoms with Gasteiger partial charge in [-0.15, -0.1) is 0 Å². The van der Waals surface area contributed by atoms with Crippen molar-refractivity contribution in [2.75, 3.05) is 0 Å². The van der Waals surface area contributed by atoms with Crippen molar-refractivity contribution in [2.24, 2.45) is 0 Å². The maximum absolute atomic E-state index is 11.9. The van der Waals surface area contributed by atoms with Crippen molar-refractivity contribution in [3.8, 4) is 0 Å². The lowest BCUT2D eigenvalue weighted by molar-refractivity contribution is 0.104. The minimum Gasteiger partial charge on any atom is -0.287 e. The molecule has 92 valence electrons. The van der Waals surface area contributed by atoms with Gasteiger partial charge in [0.25, 0.3) is 0 Å². The zero-order valence-corrected chi connectivity index (χ0v) is 10.6. The Bertz CT molecular complexity index is 582. The normalized spacial score (nSPS) is 11.0. The Morgan fingerprint density at radius 3 is 2.78 bits per heavy atom. The molecular formula is C15H16N2O. The maximum Gasteiger partial charge on any atom is 0.206 e. The van der Waals surface area contributed by atoms with Crippen LogP contribution in [0.5, 0.6) is 0 Å². The van der Waals surface area contributed by atoms with Gasteiger partial charge in [-0.3, -0.25) is 9.48 Å². The number of carbonyl (C=O) groups excluding carboxylic acids is 1. The Morgan fingerprint density at radius 2 is 2.11 bits per heavy atom. The Balaban J connectivity index is 2.14. The first-order valence-electron chi connectivity index (χ1n) is 6.02. The molecule has 0 spiro atoms. The second-order valence-corrected chi connectivity index (χ2v) is 4.11.